The molecule has 0 aliphatic heterocycles. The molecule has 0 saturated heterocycles. The highest BCUT2D eigenvalue weighted by Gasteiger charge is 2.19. The Morgan fingerprint density at radius 1 is 0.875 bits per heavy atom. The Hall–Kier alpha value is -3.48. The largest absolute Gasteiger partial charge is 0.480 e. The van der Waals surface area contributed by atoms with Crippen molar-refractivity contribution in [3.05, 3.63) is 106 Å². The summed E-state index contributed by atoms with van der Waals surface area (Å²) in [4.78, 5) is 20.5. The molecule has 0 atom stereocenters. The number of carbonyl (C=O) groups is 1. The minimum absolute atomic E-state index is 0.0204. The molecule has 1 aliphatic carbocycles. The fraction of sp³-hybridized carbons (Fsp3) is 0.353. The molecule has 1 saturated carbocycles. The predicted molar refractivity (Wildman–Crippen MR) is 165 cm³/mol. The second-order valence-electron chi connectivity index (χ2n) is 11.3. The fourth-order valence-electron chi connectivity index (χ4n) is 5.65. The van der Waals surface area contributed by atoms with Crippen molar-refractivity contribution in [1.29, 1.82) is 0 Å². The van der Waals surface area contributed by atoms with Crippen LogP contribution in [0.3, 0.4) is 0 Å². The number of aromatic nitrogens is 1. The highest BCUT2D eigenvalue weighted by molar-refractivity contribution is 7.09. The third kappa shape index (κ3) is 7.58. The Balaban J connectivity index is 1.18. The van der Waals surface area contributed by atoms with Gasteiger partial charge in [-0.25, -0.2) is 4.98 Å². The minimum atomic E-state index is -0.831. The number of carboxylic acid groups (broad SMARTS) is 1. The van der Waals surface area contributed by atoms with Crippen molar-refractivity contribution < 1.29 is 9.90 Å². The highest BCUT2D eigenvalue weighted by Crippen LogP contribution is 2.35. The van der Waals surface area contributed by atoms with E-state index < -0.39 is 5.97 Å². The lowest BCUT2D eigenvalue weighted by atomic mass is 9.79. The van der Waals surface area contributed by atoms with E-state index in [-0.39, 0.29) is 6.54 Å². The number of hydrogen-bond donors (Lipinski definition) is 1. The first kappa shape index (κ1) is 28.1. The van der Waals surface area contributed by atoms with Gasteiger partial charge in [0.1, 0.15) is 5.01 Å². The smallest absolute Gasteiger partial charge is 0.317 e. The number of nitrogens with zero attached hydrogens (tertiary/aromatic N) is 3. The number of thiazole rings is 1. The Labute approximate surface area is 242 Å². The zero-order valence-corrected chi connectivity index (χ0v) is 24.3. The predicted octanol–water partition coefficient (Wildman–Crippen LogP) is 7.83. The van der Waals surface area contributed by atoms with Crippen molar-refractivity contribution in [2.24, 2.45) is 5.92 Å². The van der Waals surface area contributed by atoms with Gasteiger partial charge in [0.2, 0.25) is 0 Å². The maximum absolute atomic E-state index is 11.4. The quantitative estimate of drug-likeness (QED) is 0.205. The van der Waals surface area contributed by atoms with Gasteiger partial charge in [-0.2, -0.15) is 0 Å². The molecule has 3 aromatic carbocycles. The van der Waals surface area contributed by atoms with Crippen LogP contribution in [-0.2, 0) is 24.4 Å². The van der Waals surface area contributed by atoms with Crippen molar-refractivity contribution in [3.8, 4) is 11.3 Å². The summed E-state index contributed by atoms with van der Waals surface area (Å²) < 4.78 is 0. The maximum Gasteiger partial charge on any atom is 0.317 e. The molecule has 0 amide bonds. The average molecular weight is 554 g/mol. The molecule has 5 rings (SSSR count). The standard InChI is InChI=1S/C34H39N3O2S/c1-25-8-12-28(13-9-25)29-14-10-27(11-15-29)20-36(2)31-18-16-30(17-19-31)32-24-40-33(35-32)22-37(23-34(38)39)21-26-6-4-3-5-7-26/h3-7,10-11,14-19,24-25,28H,8-9,12-13,20-23H2,1-2H3,(H,38,39). The highest BCUT2D eigenvalue weighted by atomic mass is 32.1. The lowest BCUT2D eigenvalue weighted by Gasteiger charge is -2.26. The van der Waals surface area contributed by atoms with E-state index in [9.17, 15) is 9.90 Å². The van der Waals surface area contributed by atoms with Crippen LogP contribution in [0.25, 0.3) is 11.3 Å². The van der Waals surface area contributed by atoms with Crippen molar-refractivity contribution >= 4 is 23.0 Å². The molecular weight excluding hydrogens is 514 g/mol. The van der Waals surface area contributed by atoms with Crippen molar-refractivity contribution in [2.75, 3.05) is 18.5 Å². The van der Waals surface area contributed by atoms with Gasteiger partial charge in [-0.1, -0.05) is 86.5 Å². The summed E-state index contributed by atoms with van der Waals surface area (Å²) in [6, 6.07) is 27.8. The van der Waals surface area contributed by atoms with Crippen LogP contribution in [0.1, 0.15) is 60.2 Å². The third-order valence-corrected chi connectivity index (χ3v) is 8.84. The van der Waals surface area contributed by atoms with E-state index in [4.69, 9.17) is 4.98 Å². The fourth-order valence-corrected chi connectivity index (χ4v) is 6.49. The van der Waals surface area contributed by atoms with E-state index in [0.717, 1.165) is 40.2 Å². The monoisotopic (exact) mass is 553 g/mol. The minimum Gasteiger partial charge on any atom is -0.480 e. The van der Waals surface area contributed by atoms with Gasteiger partial charge in [-0.05, 0) is 53.5 Å². The number of anilines is 1. The molecule has 4 aromatic rings. The van der Waals surface area contributed by atoms with Crippen LogP contribution < -0.4 is 4.90 Å². The second kappa shape index (κ2) is 13.2. The first-order valence-electron chi connectivity index (χ1n) is 14.3. The third-order valence-electron chi connectivity index (χ3n) is 8.01. The molecule has 1 N–H and O–H groups in total. The number of benzene rings is 3. The van der Waals surface area contributed by atoms with Crippen LogP contribution in [0.4, 0.5) is 5.69 Å². The SMILES string of the molecule is CC1CCC(c2ccc(CN(C)c3ccc(-c4csc(CN(CC(=O)O)Cc5ccccc5)n4)cc3)cc2)CC1. The van der Waals surface area contributed by atoms with Gasteiger partial charge in [-0.15, -0.1) is 11.3 Å². The van der Waals surface area contributed by atoms with Crippen molar-refractivity contribution in [2.45, 2.75) is 58.2 Å². The zero-order chi connectivity index (χ0) is 27.9. The molecule has 208 valence electrons. The lowest BCUT2D eigenvalue weighted by Crippen LogP contribution is -2.28. The van der Waals surface area contributed by atoms with E-state index in [2.05, 4.69) is 72.8 Å². The molecule has 0 radical (unpaired) electrons. The summed E-state index contributed by atoms with van der Waals surface area (Å²) in [6.07, 6.45) is 5.35. The summed E-state index contributed by atoms with van der Waals surface area (Å²) in [5, 5.41) is 12.4. The Kier molecular flexibility index (Phi) is 9.30. The number of rotatable bonds is 11. The number of aliphatic carboxylic acids is 1. The summed E-state index contributed by atoms with van der Waals surface area (Å²) >= 11 is 1.58. The van der Waals surface area contributed by atoms with Crippen molar-refractivity contribution in [3.63, 3.8) is 0 Å². The Bertz CT molecular complexity index is 1360. The van der Waals surface area contributed by atoms with Crippen LogP contribution in [0.5, 0.6) is 0 Å². The molecule has 1 aromatic heterocycles. The molecule has 1 aliphatic rings. The van der Waals surface area contributed by atoms with E-state index in [0.29, 0.717) is 13.1 Å². The first-order chi connectivity index (χ1) is 19.4. The number of hydrogen-bond acceptors (Lipinski definition) is 5. The van der Waals surface area contributed by atoms with Crippen molar-refractivity contribution in [1.82, 2.24) is 9.88 Å². The molecule has 1 heterocycles. The summed E-state index contributed by atoms with van der Waals surface area (Å²) in [5.74, 6) is 0.778. The number of carboxylic acids is 1. The van der Waals surface area contributed by atoms with Crippen LogP contribution in [0, 0.1) is 5.92 Å². The summed E-state index contributed by atoms with van der Waals surface area (Å²) in [5.41, 5.74) is 7.08. The van der Waals surface area contributed by atoms with Crippen LogP contribution in [0.2, 0.25) is 0 Å². The van der Waals surface area contributed by atoms with Gasteiger partial charge in [-0.3, -0.25) is 9.69 Å². The zero-order valence-electron chi connectivity index (χ0n) is 23.5. The van der Waals surface area contributed by atoms with Crippen LogP contribution >= 0.6 is 11.3 Å². The van der Waals surface area contributed by atoms with Crippen LogP contribution in [0.15, 0.2) is 84.2 Å². The maximum atomic E-state index is 11.4. The molecule has 0 bridgehead atoms. The Morgan fingerprint density at radius 2 is 1.55 bits per heavy atom. The Morgan fingerprint density at radius 3 is 2.23 bits per heavy atom. The molecule has 5 nitrogen and oxygen atoms in total. The van der Waals surface area contributed by atoms with Gasteiger partial charge >= 0.3 is 5.97 Å². The second-order valence-corrected chi connectivity index (χ2v) is 12.2. The van der Waals surface area contributed by atoms with Gasteiger partial charge in [0.15, 0.2) is 0 Å². The van der Waals surface area contributed by atoms with Gasteiger partial charge in [0.25, 0.3) is 0 Å². The lowest BCUT2D eigenvalue weighted by molar-refractivity contribution is -0.138. The molecule has 0 unspecified atom stereocenters. The molecule has 40 heavy (non-hydrogen) atoms. The van der Waals surface area contributed by atoms with E-state index >= 15 is 0 Å². The molecular formula is C34H39N3O2S. The van der Waals surface area contributed by atoms with E-state index in [1.807, 2.05) is 35.2 Å². The summed E-state index contributed by atoms with van der Waals surface area (Å²) in [7, 11) is 2.14. The van der Waals surface area contributed by atoms with Crippen LogP contribution in [-0.4, -0.2) is 34.6 Å². The molecule has 1 fully saturated rings. The van der Waals surface area contributed by atoms with E-state index in [1.165, 1.54) is 42.5 Å². The first-order valence-corrected chi connectivity index (χ1v) is 15.1. The molecule has 6 heteroatoms. The average Bonchev–Trinajstić information content (AvgIpc) is 3.42. The van der Waals surface area contributed by atoms with Gasteiger partial charge in [0, 0.05) is 36.8 Å². The van der Waals surface area contributed by atoms with Gasteiger partial charge < -0.3 is 10.0 Å². The molecule has 0 spiro atoms. The topological polar surface area (TPSA) is 56.7 Å². The van der Waals surface area contributed by atoms with E-state index in [1.54, 1.807) is 11.3 Å². The normalized spacial score (nSPS) is 17.2. The summed E-state index contributed by atoms with van der Waals surface area (Å²) in [6.45, 7) is 4.30. The van der Waals surface area contributed by atoms with Gasteiger partial charge in [0.05, 0.1) is 18.8 Å².